The van der Waals surface area contributed by atoms with Crippen molar-refractivity contribution >= 4 is 29.3 Å². The number of hydrogen-bond donors (Lipinski definition) is 1. The summed E-state index contributed by atoms with van der Waals surface area (Å²) in [5.41, 5.74) is 2.32. The maximum atomic E-state index is 5.45. The molecule has 0 spiro atoms. The van der Waals surface area contributed by atoms with Crippen molar-refractivity contribution in [1.29, 1.82) is 0 Å². The van der Waals surface area contributed by atoms with E-state index in [1.165, 1.54) is 5.49 Å². The molecule has 0 aliphatic rings. The molecule has 0 saturated heterocycles. The molecule has 0 fully saturated rings. The highest BCUT2D eigenvalue weighted by atomic mass is 35.5. The first-order valence-corrected chi connectivity index (χ1v) is 3.24. The topological polar surface area (TPSA) is 12.0 Å². The Balaban J connectivity index is 3.83. The van der Waals surface area contributed by atoms with Crippen molar-refractivity contribution in [2.75, 3.05) is 0 Å². The third-order valence-electron chi connectivity index (χ3n) is 0.660. The summed E-state index contributed by atoms with van der Waals surface area (Å²) < 4.78 is 0. The summed E-state index contributed by atoms with van der Waals surface area (Å²) in [6.45, 7) is 5.34. The van der Waals surface area contributed by atoms with Crippen LogP contribution in [0.1, 0.15) is 6.92 Å². The summed E-state index contributed by atoms with van der Waals surface area (Å²) >= 11 is 9.98. The Kier molecular flexibility index (Phi) is 4.36. The molecule has 0 radical (unpaired) electrons. The van der Waals surface area contributed by atoms with E-state index in [-0.39, 0.29) is 0 Å². The van der Waals surface area contributed by atoms with Gasteiger partial charge in [0.05, 0.1) is 5.49 Å². The molecule has 0 aliphatic carbocycles. The summed E-state index contributed by atoms with van der Waals surface area (Å²) in [4.78, 5) is 0. The molecule has 1 nitrogen and oxygen atoms in total. The first-order chi connectivity index (χ1) is 4.16. The van der Waals surface area contributed by atoms with Crippen molar-refractivity contribution in [2.24, 2.45) is 0 Å². The number of halogens is 1. The molecule has 9 heavy (non-hydrogen) atoms. The zero-order valence-electron chi connectivity index (χ0n) is 5.15. The molecule has 0 rings (SSSR count). The minimum Gasteiger partial charge on any atom is -0.356 e. The van der Waals surface area contributed by atoms with Gasteiger partial charge in [0, 0.05) is 10.7 Å². The third kappa shape index (κ3) is 5.53. The van der Waals surface area contributed by atoms with Crippen LogP contribution in [0.4, 0.5) is 0 Å². The molecule has 0 atom stereocenters. The molecule has 0 saturated carbocycles. The van der Waals surface area contributed by atoms with Gasteiger partial charge in [0.25, 0.3) is 0 Å². The van der Waals surface area contributed by atoms with Crippen LogP contribution in [0.2, 0.25) is 0 Å². The zero-order chi connectivity index (χ0) is 7.28. The van der Waals surface area contributed by atoms with E-state index in [0.717, 1.165) is 5.70 Å². The minimum absolute atomic E-state index is 0.497. The van der Waals surface area contributed by atoms with Gasteiger partial charge in [-0.25, -0.2) is 0 Å². The lowest BCUT2D eigenvalue weighted by Gasteiger charge is -1.95. The van der Waals surface area contributed by atoms with Crippen molar-refractivity contribution in [3.8, 4) is 0 Å². The second-order valence-corrected chi connectivity index (χ2v) is 2.26. The van der Waals surface area contributed by atoms with Crippen LogP contribution in [0.3, 0.4) is 0 Å². The molecule has 3 heteroatoms. The smallest absolute Gasteiger partial charge is 0.0656 e. The van der Waals surface area contributed by atoms with Gasteiger partial charge in [-0.1, -0.05) is 30.4 Å². The second-order valence-electron chi connectivity index (χ2n) is 1.54. The molecule has 0 heterocycles. The lowest BCUT2D eigenvalue weighted by atomic mass is 10.4. The number of hydrogen-bond acceptors (Lipinski definition) is 1. The van der Waals surface area contributed by atoms with Crippen LogP contribution in [0.15, 0.2) is 23.4 Å². The van der Waals surface area contributed by atoms with Gasteiger partial charge in [-0.3, -0.25) is 0 Å². The van der Waals surface area contributed by atoms with Gasteiger partial charge in [-0.15, -0.1) is 0 Å². The Morgan fingerprint density at radius 3 is 2.67 bits per heavy atom. The fraction of sp³-hybridized carbons (Fsp3) is 0.167. The molecule has 0 unspecified atom stereocenters. The fourth-order valence-corrected chi connectivity index (χ4v) is 0.719. The molecular formula is C6H8ClNS. The van der Waals surface area contributed by atoms with Crippen LogP contribution in [0.25, 0.3) is 0 Å². The minimum atomic E-state index is 0.497. The van der Waals surface area contributed by atoms with Gasteiger partial charge in [-0.2, -0.15) is 0 Å². The monoisotopic (exact) mass is 161 g/mol. The first-order valence-electron chi connectivity index (χ1n) is 2.39. The van der Waals surface area contributed by atoms with E-state index >= 15 is 0 Å². The van der Waals surface area contributed by atoms with E-state index in [1.54, 1.807) is 6.08 Å². The average molecular weight is 162 g/mol. The summed E-state index contributed by atoms with van der Waals surface area (Å²) in [6, 6.07) is 0. The summed E-state index contributed by atoms with van der Waals surface area (Å²) in [7, 11) is 0. The SMILES string of the molecule is C=C(Cl)/C=C(\C)NC=S. The van der Waals surface area contributed by atoms with E-state index in [4.69, 9.17) is 11.6 Å². The van der Waals surface area contributed by atoms with E-state index in [0.29, 0.717) is 5.03 Å². The lowest BCUT2D eigenvalue weighted by molar-refractivity contribution is 1.16. The highest BCUT2D eigenvalue weighted by Gasteiger charge is 1.82. The van der Waals surface area contributed by atoms with Crippen LogP contribution in [0.5, 0.6) is 0 Å². The number of allylic oxidation sites excluding steroid dienone is 3. The maximum absolute atomic E-state index is 5.45. The van der Waals surface area contributed by atoms with Gasteiger partial charge in [0.2, 0.25) is 0 Å². The Labute approximate surface area is 65.4 Å². The largest absolute Gasteiger partial charge is 0.356 e. The van der Waals surface area contributed by atoms with E-state index < -0.39 is 0 Å². The first kappa shape index (κ1) is 8.66. The van der Waals surface area contributed by atoms with Crippen LogP contribution in [-0.4, -0.2) is 5.49 Å². The van der Waals surface area contributed by atoms with Crippen molar-refractivity contribution < 1.29 is 0 Å². The van der Waals surface area contributed by atoms with Gasteiger partial charge in [0.1, 0.15) is 0 Å². The second kappa shape index (κ2) is 4.53. The Hall–Kier alpha value is -0.340. The average Bonchev–Trinajstić information content (AvgIpc) is 1.63. The highest BCUT2D eigenvalue weighted by Crippen LogP contribution is 2.00. The Morgan fingerprint density at radius 1 is 1.78 bits per heavy atom. The molecule has 0 bridgehead atoms. The van der Waals surface area contributed by atoms with Crippen LogP contribution in [-0.2, 0) is 0 Å². The normalized spacial score (nSPS) is 10.7. The third-order valence-corrected chi connectivity index (χ3v) is 0.887. The van der Waals surface area contributed by atoms with Gasteiger partial charge in [0.15, 0.2) is 0 Å². The summed E-state index contributed by atoms with van der Waals surface area (Å²) in [6.07, 6.45) is 1.70. The Morgan fingerprint density at radius 2 is 2.33 bits per heavy atom. The molecule has 0 aromatic carbocycles. The molecule has 0 aromatic heterocycles. The standard InChI is InChI=1S/C6H8ClNS/c1-5(7)3-6(2)8-4-9/h3-4H,1H2,2H3,(H,8,9)/b6-3+. The van der Waals surface area contributed by atoms with Gasteiger partial charge in [-0.05, 0) is 13.0 Å². The predicted molar refractivity (Wildman–Crippen MR) is 45.5 cm³/mol. The van der Waals surface area contributed by atoms with E-state index in [1.807, 2.05) is 6.92 Å². The number of thiocarbonyl (C=S) groups is 1. The maximum Gasteiger partial charge on any atom is 0.0656 e. The molecule has 1 N–H and O–H groups in total. The van der Waals surface area contributed by atoms with Crippen molar-refractivity contribution in [3.63, 3.8) is 0 Å². The predicted octanol–water partition coefficient (Wildman–Crippen LogP) is 2.19. The van der Waals surface area contributed by atoms with Crippen LogP contribution >= 0.6 is 23.8 Å². The zero-order valence-corrected chi connectivity index (χ0v) is 6.72. The fourth-order valence-electron chi connectivity index (χ4n) is 0.370. The van der Waals surface area contributed by atoms with Crippen molar-refractivity contribution in [1.82, 2.24) is 5.32 Å². The summed E-state index contributed by atoms with van der Waals surface area (Å²) in [5, 5.41) is 3.28. The van der Waals surface area contributed by atoms with E-state index in [2.05, 4.69) is 24.1 Å². The molecule has 0 aromatic rings. The number of nitrogens with one attached hydrogen (secondary N) is 1. The van der Waals surface area contributed by atoms with Gasteiger partial charge >= 0.3 is 0 Å². The molecule has 0 amide bonds. The van der Waals surface area contributed by atoms with Gasteiger partial charge < -0.3 is 5.32 Å². The van der Waals surface area contributed by atoms with Crippen molar-refractivity contribution in [2.45, 2.75) is 6.92 Å². The molecule has 50 valence electrons. The van der Waals surface area contributed by atoms with E-state index in [9.17, 15) is 0 Å². The summed E-state index contributed by atoms with van der Waals surface area (Å²) in [5.74, 6) is 0. The van der Waals surface area contributed by atoms with Crippen LogP contribution < -0.4 is 5.32 Å². The molecular weight excluding hydrogens is 154 g/mol. The molecule has 0 aliphatic heterocycles. The van der Waals surface area contributed by atoms with Crippen LogP contribution in [0, 0.1) is 0 Å². The highest BCUT2D eigenvalue weighted by molar-refractivity contribution is 7.78. The Bertz CT molecular complexity index is 151. The quantitative estimate of drug-likeness (QED) is 0.503. The number of rotatable bonds is 3. The van der Waals surface area contributed by atoms with Crippen molar-refractivity contribution in [3.05, 3.63) is 23.4 Å². The lowest BCUT2D eigenvalue weighted by Crippen LogP contribution is -2.04.